The number of aromatic carboxylic acids is 1. The van der Waals surface area contributed by atoms with Crippen LogP contribution in [0.25, 0.3) is 0 Å². The maximum atomic E-state index is 11.8. The molecule has 7 heteroatoms. The van der Waals surface area contributed by atoms with E-state index in [0.29, 0.717) is 0 Å². The van der Waals surface area contributed by atoms with E-state index < -0.39 is 11.9 Å². The summed E-state index contributed by atoms with van der Waals surface area (Å²) in [5.41, 5.74) is 1.04. The molecule has 0 saturated heterocycles. The Morgan fingerprint density at radius 2 is 2.06 bits per heavy atom. The molecule has 18 heavy (non-hydrogen) atoms. The van der Waals surface area contributed by atoms with Crippen LogP contribution in [-0.2, 0) is 0 Å². The Bertz CT molecular complexity index is 611. The molecule has 0 aliphatic rings. The number of esters is 1. The molecule has 2 aromatic rings. The molecule has 92 valence electrons. The molecule has 0 aliphatic heterocycles. The monoisotopic (exact) mass is 283 g/mol. The lowest BCUT2D eigenvalue weighted by molar-refractivity contribution is 0.0670. The van der Waals surface area contributed by atoms with Crippen LogP contribution in [0.4, 0.5) is 0 Å². The van der Waals surface area contributed by atoms with Gasteiger partial charge >= 0.3 is 11.9 Å². The molecule has 0 spiro atoms. The predicted octanol–water partition coefficient (Wildman–Crippen LogP) is 2.71. The van der Waals surface area contributed by atoms with E-state index in [1.54, 1.807) is 18.2 Å². The Kier molecular flexibility index (Phi) is 3.59. The summed E-state index contributed by atoms with van der Waals surface area (Å²) in [6, 6.07) is 6.40. The van der Waals surface area contributed by atoms with E-state index in [2.05, 4.69) is 4.98 Å². The Morgan fingerprint density at radius 1 is 1.33 bits per heavy atom. The number of carboxylic acid groups (broad SMARTS) is 1. The van der Waals surface area contributed by atoms with Crippen molar-refractivity contribution in [1.82, 2.24) is 4.98 Å². The number of carboxylic acids is 1. The molecule has 0 unspecified atom stereocenters. The van der Waals surface area contributed by atoms with Crippen molar-refractivity contribution in [2.45, 2.75) is 0 Å². The van der Waals surface area contributed by atoms with E-state index >= 15 is 0 Å². The number of rotatable bonds is 3. The number of para-hydroxylation sites is 1. The minimum absolute atomic E-state index is 0.160. The topological polar surface area (TPSA) is 76.5 Å². The van der Waals surface area contributed by atoms with Crippen molar-refractivity contribution in [3.8, 4) is 5.75 Å². The van der Waals surface area contributed by atoms with Gasteiger partial charge in [0.05, 0.1) is 10.5 Å². The molecule has 5 nitrogen and oxygen atoms in total. The van der Waals surface area contributed by atoms with E-state index in [1.165, 1.54) is 11.6 Å². The summed E-state index contributed by atoms with van der Waals surface area (Å²) in [7, 11) is 0. The van der Waals surface area contributed by atoms with Gasteiger partial charge in [-0.05, 0) is 12.1 Å². The first kappa shape index (κ1) is 12.5. The molecule has 0 aliphatic carbocycles. The fourth-order valence-electron chi connectivity index (χ4n) is 1.22. The number of hydrogen-bond acceptors (Lipinski definition) is 5. The van der Waals surface area contributed by atoms with Crippen LogP contribution in [0, 0.1) is 0 Å². The van der Waals surface area contributed by atoms with Gasteiger partial charge in [-0.1, -0.05) is 23.7 Å². The first-order chi connectivity index (χ1) is 8.59. The molecule has 0 amide bonds. The zero-order valence-corrected chi connectivity index (χ0v) is 10.4. The van der Waals surface area contributed by atoms with Crippen LogP contribution in [0.3, 0.4) is 0 Å². The maximum absolute atomic E-state index is 11.8. The summed E-state index contributed by atoms with van der Waals surface area (Å²) >= 11 is 6.68. The molecule has 0 saturated carbocycles. The second-order valence-corrected chi connectivity index (χ2v) is 4.42. The number of aromatic nitrogens is 1. The van der Waals surface area contributed by atoms with E-state index in [1.807, 2.05) is 0 Å². The minimum atomic E-state index is -1.22. The number of carbonyl (C=O) groups excluding carboxylic acids is 1. The average Bonchev–Trinajstić information content (AvgIpc) is 2.81. The van der Waals surface area contributed by atoms with Crippen molar-refractivity contribution in [3.63, 3.8) is 0 Å². The standard InChI is InChI=1S/C11H6ClNO4S/c12-6-3-1-2-4-7(6)17-11(16)8-9(10(14)15)18-5-13-8/h1-5H,(H,14,15). The third-order valence-corrected chi connectivity index (χ3v) is 3.12. The summed E-state index contributed by atoms with van der Waals surface area (Å²) in [6.07, 6.45) is 0. The van der Waals surface area contributed by atoms with E-state index in [0.717, 1.165) is 11.3 Å². The van der Waals surface area contributed by atoms with Gasteiger partial charge in [0.1, 0.15) is 10.6 Å². The molecule has 0 bridgehead atoms. The van der Waals surface area contributed by atoms with Gasteiger partial charge < -0.3 is 9.84 Å². The van der Waals surface area contributed by atoms with Crippen LogP contribution in [0.2, 0.25) is 5.02 Å². The molecule has 1 aromatic carbocycles. The molecular formula is C11H6ClNO4S. The Labute approximate surface area is 111 Å². The van der Waals surface area contributed by atoms with Crippen LogP contribution < -0.4 is 4.74 Å². The fourth-order valence-corrected chi connectivity index (χ4v) is 2.01. The highest BCUT2D eigenvalue weighted by Crippen LogP contribution is 2.24. The number of benzene rings is 1. The molecule has 1 heterocycles. The zero-order chi connectivity index (χ0) is 13.1. The summed E-state index contributed by atoms with van der Waals surface area (Å²) in [5.74, 6) is -1.90. The summed E-state index contributed by atoms with van der Waals surface area (Å²) in [4.78, 5) is 26.1. The lowest BCUT2D eigenvalue weighted by Crippen LogP contribution is -2.13. The van der Waals surface area contributed by atoms with Crippen LogP contribution in [0.15, 0.2) is 29.8 Å². The van der Waals surface area contributed by atoms with Gasteiger partial charge in [-0.15, -0.1) is 11.3 Å². The first-order valence-electron chi connectivity index (χ1n) is 4.73. The van der Waals surface area contributed by atoms with Crippen molar-refractivity contribution < 1.29 is 19.4 Å². The normalized spacial score (nSPS) is 10.1. The lowest BCUT2D eigenvalue weighted by atomic mass is 10.3. The third-order valence-electron chi connectivity index (χ3n) is 1.99. The van der Waals surface area contributed by atoms with Gasteiger partial charge in [0, 0.05) is 0 Å². The summed E-state index contributed by atoms with van der Waals surface area (Å²) in [6.45, 7) is 0. The highest BCUT2D eigenvalue weighted by Gasteiger charge is 2.22. The fraction of sp³-hybridized carbons (Fsp3) is 0. The van der Waals surface area contributed by atoms with Crippen molar-refractivity contribution in [3.05, 3.63) is 45.4 Å². The van der Waals surface area contributed by atoms with Crippen molar-refractivity contribution in [1.29, 1.82) is 0 Å². The van der Waals surface area contributed by atoms with Gasteiger partial charge in [-0.25, -0.2) is 14.6 Å². The van der Waals surface area contributed by atoms with Gasteiger partial charge in [0.15, 0.2) is 5.69 Å². The van der Waals surface area contributed by atoms with Crippen LogP contribution in [0.5, 0.6) is 5.75 Å². The zero-order valence-electron chi connectivity index (χ0n) is 8.79. The quantitative estimate of drug-likeness (QED) is 0.692. The smallest absolute Gasteiger partial charge is 0.364 e. The van der Waals surface area contributed by atoms with Crippen molar-refractivity contribution >= 4 is 34.9 Å². The van der Waals surface area contributed by atoms with Gasteiger partial charge in [-0.2, -0.15) is 0 Å². The number of hydrogen-bond donors (Lipinski definition) is 1. The van der Waals surface area contributed by atoms with Crippen LogP contribution >= 0.6 is 22.9 Å². The van der Waals surface area contributed by atoms with Crippen LogP contribution in [-0.4, -0.2) is 22.0 Å². The minimum Gasteiger partial charge on any atom is -0.477 e. The number of carbonyl (C=O) groups is 2. The van der Waals surface area contributed by atoms with Crippen molar-refractivity contribution in [2.75, 3.05) is 0 Å². The van der Waals surface area contributed by atoms with Crippen LogP contribution in [0.1, 0.15) is 20.2 Å². The average molecular weight is 284 g/mol. The second-order valence-electron chi connectivity index (χ2n) is 3.16. The molecule has 1 N–H and O–H groups in total. The molecule has 0 radical (unpaired) electrons. The van der Waals surface area contributed by atoms with E-state index in [-0.39, 0.29) is 21.3 Å². The SMILES string of the molecule is O=C(Oc1ccccc1Cl)c1ncsc1C(=O)O. The third kappa shape index (κ3) is 2.49. The highest BCUT2D eigenvalue weighted by molar-refractivity contribution is 7.12. The number of ether oxygens (including phenoxy) is 1. The number of halogens is 1. The van der Waals surface area contributed by atoms with Crippen molar-refractivity contribution in [2.24, 2.45) is 0 Å². The second kappa shape index (κ2) is 5.16. The molecule has 0 atom stereocenters. The molecule has 1 aromatic heterocycles. The Balaban J connectivity index is 2.25. The first-order valence-corrected chi connectivity index (χ1v) is 5.99. The molecule has 2 rings (SSSR count). The van der Waals surface area contributed by atoms with Gasteiger partial charge in [0.2, 0.25) is 0 Å². The predicted molar refractivity (Wildman–Crippen MR) is 65.5 cm³/mol. The number of thiazole rings is 1. The van der Waals surface area contributed by atoms with Gasteiger partial charge in [-0.3, -0.25) is 0 Å². The molecular weight excluding hydrogens is 278 g/mol. The largest absolute Gasteiger partial charge is 0.477 e. The Hall–Kier alpha value is -1.92. The molecule has 0 fully saturated rings. The lowest BCUT2D eigenvalue weighted by Gasteiger charge is -2.04. The number of nitrogens with zero attached hydrogens (tertiary/aromatic N) is 1. The summed E-state index contributed by atoms with van der Waals surface area (Å²) in [5, 5.41) is 9.12. The highest BCUT2D eigenvalue weighted by atomic mass is 35.5. The Morgan fingerprint density at radius 3 is 2.72 bits per heavy atom. The van der Waals surface area contributed by atoms with E-state index in [4.69, 9.17) is 21.4 Å². The van der Waals surface area contributed by atoms with Gasteiger partial charge in [0.25, 0.3) is 0 Å². The summed E-state index contributed by atoms with van der Waals surface area (Å²) < 4.78 is 4.99. The maximum Gasteiger partial charge on any atom is 0.364 e. The van der Waals surface area contributed by atoms with E-state index in [9.17, 15) is 9.59 Å².